The molecule has 0 aliphatic carbocycles. The maximum absolute atomic E-state index is 12.6. The van der Waals surface area contributed by atoms with Gasteiger partial charge >= 0.3 is 12.1 Å². The molecule has 1 atom stereocenters. The topological polar surface area (TPSA) is 29.5 Å². The van der Waals surface area contributed by atoms with Crippen LogP contribution in [0.3, 0.4) is 0 Å². The third kappa shape index (κ3) is 2.27. The summed E-state index contributed by atoms with van der Waals surface area (Å²) in [5, 5.41) is 0. The van der Waals surface area contributed by atoms with Gasteiger partial charge in [-0.25, -0.2) is 4.79 Å². The number of methoxy groups -OCH3 is 1. The number of halogens is 3. The first-order chi connectivity index (χ1) is 8.43. The number of benzene rings is 1. The molecule has 0 N–H and O–H groups in total. The van der Waals surface area contributed by atoms with Crippen molar-refractivity contribution in [3.8, 4) is 0 Å². The number of hydrogen-bond acceptors (Lipinski definition) is 3. The van der Waals surface area contributed by atoms with Gasteiger partial charge in [0.2, 0.25) is 0 Å². The Morgan fingerprint density at radius 3 is 2.67 bits per heavy atom. The van der Waals surface area contributed by atoms with E-state index in [1.54, 1.807) is 11.0 Å². The summed E-state index contributed by atoms with van der Waals surface area (Å²) in [5.41, 5.74) is -0.318. The number of ether oxygens (including phenoxy) is 1. The highest BCUT2D eigenvalue weighted by Crippen LogP contribution is 2.34. The summed E-state index contributed by atoms with van der Waals surface area (Å²) in [4.78, 5) is 13.0. The molecular formula is C12H12F3NO2. The van der Waals surface area contributed by atoms with Crippen molar-refractivity contribution < 1.29 is 22.7 Å². The molecule has 1 fully saturated rings. The molecule has 0 aromatic heterocycles. The highest BCUT2D eigenvalue weighted by molar-refractivity contribution is 5.82. The monoisotopic (exact) mass is 259 g/mol. The Morgan fingerprint density at radius 2 is 2.17 bits per heavy atom. The number of esters is 1. The molecule has 1 aliphatic heterocycles. The first-order valence-electron chi connectivity index (χ1n) is 5.45. The van der Waals surface area contributed by atoms with E-state index in [1.807, 2.05) is 0 Å². The molecule has 98 valence electrons. The highest BCUT2D eigenvalue weighted by atomic mass is 19.4. The van der Waals surface area contributed by atoms with E-state index in [0.717, 1.165) is 12.1 Å². The van der Waals surface area contributed by atoms with Crippen molar-refractivity contribution in [1.29, 1.82) is 0 Å². The molecule has 6 heteroatoms. The number of carbonyl (C=O) groups is 1. The van der Waals surface area contributed by atoms with Gasteiger partial charge in [-0.05, 0) is 24.6 Å². The molecule has 0 spiro atoms. The van der Waals surface area contributed by atoms with Crippen LogP contribution in [0.1, 0.15) is 12.0 Å². The van der Waals surface area contributed by atoms with Gasteiger partial charge in [0.25, 0.3) is 0 Å². The number of nitrogens with zero attached hydrogens (tertiary/aromatic N) is 1. The lowest BCUT2D eigenvalue weighted by Gasteiger charge is -2.40. The van der Waals surface area contributed by atoms with Crippen molar-refractivity contribution >= 4 is 11.7 Å². The summed E-state index contributed by atoms with van der Waals surface area (Å²) in [7, 11) is 1.27. The minimum absolute atomic E-state index is 0.395. The Labute approximate surface area is 102 Å². The summed E-state index contributed by atoms with van der Waals surface area (Å²) >= 11 is 0. The van der Waals surface area contributed by atoms with E-state index in [1.165, 1.54) is 13.2 Å². The van der Waals surface area contributed by atoms with Crippen molar-refractivity contribution in [2.45, 2.75) is 18.6 Å². The van der Waals surface area contributed by atoms with Gasteiger partial charge in [0.1, 0.15) is 6.04 Å². The second kappa shape index (κ2) is 4.51. The Morgan fingerprint density at radius 1 is 1.44 bits per heavy atom. The molecule has 0 saturated carbocycles. The second-order valence-corrected chi connectivity index (χ2v) is 4.07. The van der Waals surface area contributed by atoms with E-state index in [0.29, 0.717) is 18.7 Å². The van der Waals surface area contributed by atoms with Gasteiger partial charge in [-0.3, -0.25) is 0 Å². The van der Waals surface area contributed by atoms with Crippen LogP contribution in [0.4, 0.5) is 18.9 Å². The van der Waals surface area contributed by atoms with Crippen LogP contribution in [0.2, 0.25) is 0 Å². The zero-order valence-corrected chi connectivity index (χ0v) is 9.70. The second-order valence-electron chi connectivity index (χ2n) is 4.07. The molecule has 1 aromatic carbocycles. The van der Waals surface area contributed by atoms with Crippen LogP contribution in [0, 0.1) is 0 Å². The van der Waals surface area contributed by atoms with Gasteiger partial charge in [-0.15, -0.1) is 0 Å². The number of anilines is 1. The van der Waals surface area contributed by atoms with Crippen molar-refractivity contribution in [3.63, 3.8) is 0 Å². The maximum atomic E-state index is 12.6. The Balaban J connectivity index is 2.22. The SMILES string of the molecule is COC(=O)C1CCN1c1cccc(C(F)(F)F)c1. The summed E-state index contributed by atoms with van der Waals surface area (Å²) in [6, 6.07) is 4.49. The zero-order valence-electron chi connectivity index (χ0n) is 9.70. The molecule has 1 aromatic rings. The molecule has 18 heavy (non-hydrogen) atoms. The molecule has 0 amide bonds. The largest absolute Gasteiger partial charge is 0.467 e. The minimum atomic E-state index is -4.37. The summed E-state index contributed by atoms with van der Waals surface area (Å²) in [6.45, 7) is 0.557. The molecule has 1 saturated heterocycles. The molecule has 1 aliphatic rings. The highest BCUT2D eigenvalue weighted by Gasteiger charge is 2.37. The van der Waals surface area contributed by atoms with Crippen molar-refractivity contribution in [3.05, 3.63) is 29.8 Å². The fourth-order valence-electron chi connectivity index (χ4n) is 1.94. The predicted molar refractivity (Wildman–Crippen MR) is 59.2 cm³/mol. The van der Waals surface area contributed by atoms with Gasteiger partial charge in [-0.2, -0.15) is 13.2 Å². The molecule has 1 unspecified atom stereocenters. The molecule has 3 nitrogen and oxygen atoms in total. The third-order valence-corrected chi connectivity index (χ3v) is 3.00. The number of alkyl halides is 3. The first-order valence-corrected chi connectivity index (χ1v) is 5.45. The summed E-state index contributed by atoms with van der Waals surface area (Å²) in [6.07, 6.45) is -3.77. The summed E-state index contributed by atoms with van der Waals surface area (Å²) in [5.74, 6) is -0.418. The van der Waals surface area contributed by atoms with Gasteiger partial charge in [0, 0.05) is 12.2 Å². The van der Waals surface area contributed by atoms with Crippen LogP contribution in [0.5, 0.6) is 0 Å². The quantitative estimate of drug-likeness (QED) is 0.764. The van der Waals surface area contributed by atoms with Gasteiger partial charge in [0.15, 0.2) is 0 Å². The van der Waals surface area contributed by atoms with E-state index in [-0.39, 0.29) is 0 Å². The van der Waals surface area contributed by atoms with Crippen LogP contribution in [-0.2, 0) is 15.7 Å². The number of carbonyl (C=O) groups excluding carboxylic acids is 1. The molecule has 0 bridgehead atoms. The van der Waals surface area contributed by atoms with Crippen molar-refractivity contribution in [2.24, 2.45) is 0 Å². The molecule has 1 heterocycles. The van der Waals surface area contributed by atoms with Crippen LogP contribution < -0.4 is 4.90 Å². The Hall–Kier alpha value is -1.72. The van der Waals surface area contributed by atoms with Crippen molar-refractivity contribution in [1.82, 2.24) is 0 Å². The van der Waals surface area contributed by atoms with E-state index < -0.39 is 23.8 Å². The lowest BCUT2D eigenvalue weighted by atomic mass is 10.0. The zero-order chi connectivity index (χ0) is 13.3. The van der Waals surface area contributed by atoms with Crippen LogP contribution >= 0.6 is 0 Å². The van der Waals surface area contributed by atoms with Crippen LogP contribution in [0.25, 0.3) is 0 Å². The van der Waals surface area contributed by atoms with Gasteiger partial charge in [-0.1, -0.05) is 6.07 Å². The maximum Gasteiger partial charge on any atom is 0.416 e. The van der Waals surface area contributed by atoms with E-state index in [4.69, 9.17) is 0 Å². The lowest BCUT2D eigenvalue weighted by Crippen LogP contribution is -2.53. The number of hydrogen-bond donors (Lipinski definition) is 0. The fraction of sp³-hybridized carbons (Fsp3) is 0.417. The molecule has 2 rings (SSSR count). The number of rotatable bonds is 2. The standard InChI is InChI=1S/C12H12F3NO2/c1-18-11(17)10-5-6-16(10)9-4-2-3-8(7-9)12(13,14)15/h2-4,7,10H,5-6H2,1H3. The minimum Gasteiger partial charge on any atom is -0.467 e. The van der Waals surface area contributed by atoms with E-state index in [2.05, 4.69) is 4.74 Å². The Bertz CT molecular complexity index is 459. The predicted octanol–water partition coefficient (Wildman–Crippen LogP) is 2.46. The average Bonchev–Trinajstić information content (AvgIpc) is 2.26. The van der Waals surface area contributed by atoms with Crippen LogP contribution in [-0.4, -0.2) is 25.7 Å². The third-order valence-electron chi connectivity index (χ3n) is 3.00. The van der Waals surface area contributed by atoms with E-state index >= 15 is 0 Å². The smallest absolute Gasteiger partial charge is 0.416 e. The van der Waals surface area contributed by atoms with Crippen molar-refractivity contribution in [2.75, 3.05) is 18.6 Å². The Kier molecular flexibility index (Phi) is 3.19. The lowest BCUT2D eigenvalue weighted by molar-refractivity contribution is -0.143. The van der Waals surface area contributed by atoms with Crippen LogP contribution in [0.15, 0.2) is 24.3 Å². The average molecular weight is 259 g/mol. The molecular weight excluding hydrogens is 247 g/mol. The first kappa shape index (κ1) is 12.7. The summed E-state index contributed by atoms with van der Waals surface area (Å²) < 4.78 is 42.3. The molecule has 0 radical (unpaired) electrons. The normalized spacial score (nSPS) is 19.3. The van der Waals surface area contributed by atoms with E-state index in [9.17, 15) is 18.0 Å². The van der Waals surface area contributed by atoms with Gasteiger partial charge < -0.3 is 9.64 Å². The van der Waals surface area contributed by atoms with Gasteiger partial charge in [0.05, 0.1) is 12.7 Å². The fourth-order valence-corrected chi connectivity index (χ4v) is 1.94.